The second kappa shape index (κ2) is 6.00. The minimum atomic E-state index is -1.26. The highest BCUT2D eigenvalue weighted by Crippen LogP contribution is 2.35. The molecule has 2 aliphatic rings. The third-order valence-corrected chi connectivity index (χ3v) is 5.11. The Bertz CT molecular complexity index is 502. The normalized spacial score (nSPS) is 31.1. The largest absolute Gasteiger partial charge is 0.478 e. The molecule has 2 nitrogen and oxygen atoms in total. The fraction of sp³-hybridized carbons (Fsp3) is 0.722. The zero-order valence-electron chi connectivity index (χ0n) is 14.4. The first-order valence-electron chi connectivity index (χ1n) is 8.07. The van der Waals surface area contributed by atoms with Crippen molar-refractivity contribution in [2.45, 2.75) is 58.8 Å². The van der Waals surface area contributed by atoms with Gasteiger partial charge >= 0.3 is 0 Å². The van der Waals surface area contributed by atoms with Crippen molar-refractivity contribution in [3.8, 4) is 11.5 Å². The van der Waals surface area contributed by atoms with Crippen LogP contribution in [-0.4, -0.2) is 26.1 Å². The average molecular weight is 304 g/mol. The van der Waals surface area contributed by atoms with Crippen molar-refractivity contribution in [1.29, 1.82) is 0 Å². The maximum absolute atomic E-state index is 5.87. The lowest BCUT2D eigenvalue weighted by atomic mass is 9.75. The van der Waals surface area contributed by atoms with Gasteiger partial charge in [-0.15, -0.1) is 11.5 Å². The Morgan fingerprint density at radius 2 is 2.10 bits per heavy atom. The van der Waals surface area contributed by atoms with E-state index >= 15 is 0 Å². The quantitative estimate of drug-likeness (QED) is 0.423. The number of nitrogens with zero attached hydrogens (tertiary/aromatic N) is 1. The van der Waals surface area contributed by atoms with Gasteiger partial charge in [-0.3, -0.25) is 0 Å². The van der Waals surface area contributed by atoms with Crippen molar-refractivity contribution in [1.82, 2.24) is 0 Å². The molecular formula is C18H29NOSi. The van der Waals surface area contributed by atoms with Gasteiger partial charge in [0.25, 0.3) is 0 Å². The second-order valence-corrected chi connectivity index (χ2v) is 12.9. The minimum absolute atomic E-state index is 0.0522. The summed E-state index contributed by atoms with van der Waals surface area (Å²) in [4.78, 5) is 4.78. The first-order valence-corrected chi connectivity index (χ1v) is 11.6. The van der Waals surface area contributed by atoms with Crippen LogP contribution >= 0.6 is 0 Å². The predicted octanol–water partition coefficient (Wildman–Crippen LogP) is 4.29. The molecule has 21 heavy (non-hydrogen) atoms. The molecule has 0 fully saturated rings. The van der Waals surface area contributed by atoms with Gasteiger partial charge in [-0.25, -0.2) is 4.99 Å². The highest BCUT2D eigenvalue weighted by atomic mass is 28.3. The maximum Gasteiger partial charge on any atom is 0.187 e. The second-order valence-electron chi connectivity index (χ2n) is 8.10. The molecule has 0 aromatic carbocycles. The molecule has 1 heterocycles. The number of rotatable bonds is 2. The summed E-state index contributed by atoms with van der Waals surface area (Å²) in [6, 6.07) is 0. The predicted molar refractivity (Wildman–Crippen MR) is 93.1 cm³/mol. The van der Waals surface area contributed by atoms with Crippen LogP contribution in [0.5, 0.6) is 0 Å². The summed E-state index contributed by atoms with van der Waals surface area (Å²) in [5.74, 6) is 5.92. The lowest BCUT2D eigenvalue weighted by molar-refractivity contribution is 0.239. The Morgan fingerprint density at radius 1 is 1.38 bits per heavy atom. The molecule has 0 N–H and O–H groups in total. The molecule has 1 aliphatic carbocycles. The van der Waals surface area contributed by atoms with Gasteiger partial charge in [0.2, 0.25) is 0 Å². The zero-order valence-corrected chi connectivity index (χ0v) is 15.4. The molecule has 0 spiro atoms. The highest BCUT2D eigenvalue weighted by molar-refractivity contribution is 6.83. The van der Waals surface area contributed by atoms with Crippen molar-refractivity contribution in [2.24, 2.45) is 22.7 Å². The Kier molecular flexibility index (Phi) is 4.68. The van der Waals surface area contributed by atoms with E-state index in [0.29, 0.717) is 17.8 Å². The van der Waals surface area contributed by atoms with Gasteiger partial charge in [0.1, 0.15) is 14.7 Å². The van der Waals surface area contributed by atoms with E-state index in [9.17, 15) is 0 Å². The van der Waals surface area contributed by atoms with Crippen LogP contribution in [0, 0.1) is 29.2 Å². The number of aliphatic imine (C=N–C) groups is 1. The van der Waals surface area contributed by atoms with Crippen LogP contribution in [0.1, 0.15) is 33.6 Å². The average Bonchev–Trinajstić information content (AvgIpc) is 2.70. The monoisotopic (exact) mass is 303 g/mol. The first kappa shape index (κ1) is 16.4. The summed E-state index contributed by atoms with van der Waals surface area (Å²) < 4.78 is 5.87. The summed E-state index contributed by atoms with van der Waals surface area (Å²) in [5.41, 5.74) is 3.43. The molecule has 0 aromatic rings. The zero-order chi connectivity index (χ0) is 15.7. The highest BCUT2D eigenvalue weighted by Gasteiger charge is 2.36. The molecule has 3 atom stereocenters. The van der Waals surface area contributed by atoms with E-state index in [1.54, 1.807) is 0 Å². The molecule has 0 aromatic heterocycles. The van der Waals surface area contributed by atoms with E-state index in [-0.39, 0.29) is 5.54 Å². The van der Waals surface area contributed by atoms with Gasteiger partial charge in [0.15, 0.2) is 5.90 Å². The van der Waals surface area contributed by atoms with Crippen LogP contribution in [0.3, 0.4) is 0 Å². The first-order chi connectivity index (χ1) is 9.68. The fourth-order valence-electron chi connectivity index (χ4n) is 2.91. The Balaban J connectivity index is 2.05. The molecule has 0 saturated carbocycles. The minimum Gasteiger partial charge on any atom is -0.478 e. The van der Waals surface area contributed by atoms with Crippen molar-refractivity contribution in [3.63, 3.8) is 0 Å². The Labute approximate surface area is 131 Å². The SMILES string of the molecule is C[C@@H]1C(C2=NC(C)(C)CO2)CC=C[C@H]1CC#C[Si](C)(C)C. The summed E-state index contributed by atoms with van der Waals surface area (Å²) in [6.07, 6.45) is 6.66. The lowest BCUT2D eigenvalue weighted by Gasteiger charge is -2.30. The van der Waals surface area contributed by atoms with Gasteiger partial charge in [-0.1, -0.05) is 38.7 Å². The molecule has 0 saturated heterocycles. The van der Waals surface area contributed by atoms with Gasteiger partial charge in [-0.05, 0) is 32.1 Å². The third-order valence-electron chi connectivity index (χ3n) is 4.19. The third kappa shape index (κ3) is 4.48. The van der Waals surface area contributed by atoms with Gasteiger partial charge in [-0.2, -0.15) is 0 Å². The molecule has 2 rings (SSSR count). The topological polar surface area (TPSA) is 21.6 Å². The maximum atomic E-state index is 5.87. The fourth-order valence-corrected chi connectivity index (χ4v) is 3.54. The Hall–Kier alpha value is -1.01. The molecular weight excluding hydrogens is 274 g/mol. The van der Waals surface area contributed by atoms with E-state index < -0.39 is 8.07 Å². The summed E-state index contributed by atoms with van der Waals surface area (Å²) in [5, 5.41) is 0. The molecule has 0 bridgehead atoms. The van der Waals surface area contributed by atoms with Gasteiger partial charge < -0.3 is 4.74 Å². The van der Waals surface area contributed by atoms with Gasteiger partial charge in [0.05, 0.1) is 5.54 Å². The van der Waals surface area contributed by atoms with Crippen LogP contribution in [0.4, 0.5) is 0 Å². The molecule has 0 radical (unpaired) electrons. The Morgan fingerprint density at radius 3 is 2.67 bits per heavy atom. The molecule has 116 valence electrons. The van der Waals surface area contributed by atoms with Crippen LogP contribution in [0.15, 0.2) is 17.1 Å². The van der Waals surface area contributed by atoms with Crippen molar-refractivity contribution in [2.75, 3.05) is 6.61 Å². The lowest BCUT2D eigenvalue weighted by Crippen LogP contribution is -2.29. The molecule has 1 aliphatic heterocycles. The standard InChI is InChI=1S/C18H29NOSi/c1-14-15(10-8-12-21(4,5)6)9-7-11-16(14)17-19-18(2,3)13-20-17/h7,9,14-16H,10-11,13H2,1-6H3/t14-,15-,16?/m0/s1. The van der Waals surface area contributed by atoms with E-state index in [2.05, 4.69) is 64.0 Å². The summed E-state index contributed by atoms with van der Waals surface area (Å²) in [7, 11) is -1.26. The number of hydrogen-bond acceptors (Lipinski definition) is 2. The van der Waals surface area contributed by atoms with E-state index in [0.717, 1.165) is 25.3 Å². The van der Waals surface area contributed by atoms with Crippen molar-refractivity contribution < 1.29 is 4.74 Å². The van der Waals surface area contributed by atoms with Crippen LogP contribution in [0.2, 0.25) is 19.6 Å². The van der Waals surface area contributed by atoms with E-state index in [4.69, 9.17) is 9.73 Å². The number of hydrogen-bond donors (Lipinski definition) is 0. The molecule has 1 unspecified atom stereocenters. The van der Waals surface area contributed by atoms with Crippen molar-refractivity contribution in [3.05, 3.63) is 12.2 Å². The van der Waals surface area contributed by atoms with Crippen LogP contribution in [0.25, 0.3) is 0 Å². The summed E-state index contributed by atoms with van der Waals surface area (Å²) >= 11 is 0. The number of ether oxygens (including phenoxy) is 1. The molecule has 0 amide bonds. The molecule has 3 heteroatoms. The van der Waals surface area contributed by atoms with E-state index in [1.165, 1.54) is 0 Å². The van der Waals surface area contributed by atoms with Crippen LogP contribution in [-0.2, 0) is 4.74 Å². The summed E-state index contributed by atoms with van der Waals surface area (Å²) in [6.45, 7) is 14.2. The van der Waals surface area contributed by atoms with Crippen LogP contribution < -0.4 is 0 Å². The number of allylic oxidation sites excluding steroid dienone is 2. The van der Waals surface area contributed by atoms with Gasteiger partial charge in [0, 0.05) is 12.3 Å². The van der Waals surface area contributed by atoms with E-state index in [1.807, 2.05) is 0 Å². The smallest absolute Gasteiger partial charge is 0.187 e. The van der Waals surface area contributed by atoms with Crippen molar-refractivity contribution >= 4 is 14.0 Å².